The second-order valence-electron chi connectivity index (χ2n) is 4.74. The van der Waals surface area contributed by atoms with E-state index in [1.54, 1.807) is 4.90 Å². The molecule has 0 bridgehead atoms. The molecule has 1 amide bonds. The Morgan fingerprint density at radius 2 is 2.20 bits per heavy atom. The lowest BCUT2D eigenvalue weighted by Crippen LogP contribution is -2.53. The zero-order valence-electron chi connectivity index (χ0n) is 9.62. The molecule has 0 aromatic rings. The topological polar surface area (TPSA) is 57.6 Å². The summed E-state index contributed by atoms with van der Waals surface area (Å²) >= 11 is 0. The minimum absolute atomic E-state index is 0.0827. The fourth-order valence-corrected chi connectivity index (χ4v) is 1.82. The van der Waals surface area contributed by atoms with Crippen LogP contribution in [0.15, 0.2) is 0 Å². The highest BCUT2D eigenvalue weighted by molar-refractivity contribution is 5.81. The SMILES string of the molecule is CCC(C)(C)N1CC(C(=O)O)CCC1=O. The maximum atomic E-state index is 11.7. The average Bonchev–Trinajstić information content (AvgIpc) is 2.17. The van der Waals surface area contributed by atoms with E-state index in [0.717, 1.165) is 6.42 Å². The highest BCUT2D eigenvalue weighted by Crippen LogP contribution is 2.27. The largest absolute Gasteiger partial charge is 0.481 e. The van der Waals surface area contributed by atoms with Gasteiger partial charge in [-0.3, -0.25) is 9.59 Å². The molecule has 1 aliphatic heterocycles. The monoisotopic (exact) mass is 213 g/mol. The number of carboxylic acid groups (broad SMARTS) is 1. The molecule has 15 heavy (non-hydrogen) atoms. The fraction of sp³-hybridized carbons (Fsp3) is 0.818. The molecule has 0 spiro atoms. The average molecular weight is 213 g/mol. The van der Waals surface area contributed by atoms with Gasteiger partial charge < -0.3 is 10.0 Å². The number of carbonyl (C=O) groups excluding carboxylic acids is 1. The van der Waals surface area contributed by atoms with Gasteiger partial charge in [0.05, 0.1) is 5.92 Å². The van der Waals surface area contributed by atoms with Crippen molar-refractivity contribution in [3.8, 4) is 0 Å². The number of likely N-dealkylation sites (tertiary alicyclic amines) is 1. The highest BCUT2D eigenvalue weighted by atomic mass is 16.4. The van der Waals surface area contributed by atoms with Crippen molar-refractivity contribution in [3.63, 3.8) is 0 Å². The van der Waals surface area contributed by atoms with Crippen molar-refractivity contribution in [2.24, 2.45) is 5.92 Å². The number of carboxylic acids is 1. The molecule has 0 radical (unpaired) electrons. The molecule has 1 heterocycles. The van der Waals surface area contributed by atoms with Crippen LogP contribution in [0, 0.1) is 5.92 Å². The van der Waals surface area contributed by atoms with Crippen LogP contribution in [-0.2, 0) is 9.59 Å². The molecule has 0 aliphatic carbocycles. The number of hydrogen-bond donors (Lipinski definition) is 1. The Morgan fingerprint density at radius 1 is 1.60 bits per heavy atom. The maximum absolute atomic E-state index is 11.7. The molecule has 86 valence electrons. The van der Waals surface area contributed by atoms with E-state index in [1.807, 2.05) is 20.8 Å². The Morgan fingerprint density at radius 3 is 2.67 bits per heavy atom. The summed E-state index contributed by atoms with van der Waals surface area (Å²) < 4.78 is 0. The van der Waals surface area contributed by atoms with E-state index >= 15 is 0 Å². The van der Waals surface area contributed by atoms with E-state index in [4.69, 9.17) is 5.11 Å². The number of nitrogens with zero attached hydrogens (tertiary/aromatic N) is 1. The molecule has 1 unspecified atom stereocenters. The first-order valence-electron chi connectivity index (χ1n) is 5.41. The Hall–Kier alpha value is -1.06. The van der Waals surface area contributed by atoms with E-state index in [0.29, 0.717) is 19.4 Å². The number of amides is 1. The second-order valence-corrected chi connectivity index (χ2v) is 4.74. The quantitative estimate of drug-likeness (QED) is 0.772. The Labute approximate surface area is 90.3 Å². The third-order valence-electron chi connectivity index (χ3n) is 3.36. The number of carbonyl (C=O) groups is 2. The number of piperidine rings is 1. The first-order valence-corrected chi connectivity index (χ1v) is 5.41. The highest BCUT2D eigenvalue weighted by Gasteiger charge is 2.36. The van der Waals surface area contributed by atoms with Gasteiger partial charge in [-0.1, -0.05) is 6.92 Å². The first kappa shape index (κ1) is 12.0. The zero-order valence-corrected chi connectivity index (χ0v) is 9.62. The van der Waals surface area contributed by atoms with E-state index in [2.05, 4.69) is 0 Å². The molecule has 1 aliphatic rings. The van der Waals surface area contributed by atoms with Crippen LogP contribution in [0.25, 0.3) is 0 Å². The van der Waals surface area contributed by atoms with Gasteiger partial charge in [-0.15, -0.1) is 0 Å². The van der Waals surface area contributed by atoms with Gasteiger partial charge in [0, 0.05) is 18.5 Å². The summed E-state index contributed by atoms with van der Waals surface area (Å²) in [6.07, 6.45) is 1.68. The molecule has 1 rings (SSSR count). The zero-order chi connectivity index (χ0) is 11.6. The van der Waals surface area contributed by atoms with Crippen LogP contribution in [0.2, 0.25) is 0 Å². The Bertz CT molecular complexity index is 273. The summed E-state index contributed by atoms with van der Waals surface area (Å²) in [4.78, 5) is 24.3. The van der Waals surface area contributed by atoms with E-state index in [1.165, 1.54) is 0 Å². The van der Waals surface area contributed by atoms with Gasteiger partial charge in [-0.2, -0.15) is 0 Å². The number of rotatable bonds is 3. The summed E-state index contributed by atoms with van der Waals surface area (Å²) in [5.41, 5.74) is -0.231. The lowest BCUT2D eigenvalue weighted by atomic mass is 9.90. The predicted octanol–water partition coefficient (Wildman–Crippen LogP) is 1.50. The lowest BCUT2D eigenvalue weighted by molar-refractivity contribution is -0.150. The second kappa shape index (κ2) is 4.21. The minimum Gasteiger partial charge on any atom is -0.481 e. The fourth-order valence-electron chi connectivity index (χ4n) is 1.82. The van der Waals surface area contributed by atoms with Gasteiger partial charge in [0.2, 0.25) is 5.91 Å². The number of hydrogen-bond acceptors (Lipinski definition) is 2. The van der Waals surface area contributed by atoms with Gasteiger partial charge in [-0.25, -0.2) is 0 Å². The molecule has 0 aromatic carbocycles. The van der Waals surface area contributed by atoms with Crippen LogP contribution >= 0.6 is 0 Å². The molecular formula is C11H19NO3. The summed E-state index contributed by atoms with van der Waals surface area (Å²) in [5.74, 6) is -1.10. The summed E-state index contributed by atoms with van der Waals surface area (Å²) in [6, 6.07) is 0. The molecule has 1 fully saturated rings. The smallest absolute Gasteiger partial charge is 0.308 e. The number of aliphatic carboxylic acids is 1. The predicted molar refractivity (Wildman–Crippen MR) is 56.4 cm³/mol. The molecule has 1 N–H and O–H groups in total. The standard InChI is InChI=1S/C11H19NO3/c1-4-11(2,3)12-7-8(10(14)15)5-6-9(12)13/h8H,4-7H2,1-3H3,(H,14,15). The van der Waals surface area contributed by atoms with Crippen molar-refractivity contribution in [1.82, 2.24) is 4.90 Å². The molecule has 1 atom stereocenters. The van der Waals surface area contributed by atoms with Crippen molar-refractivity contribution in [2.45, 2.75) is 45.6 Å². The molecular weight excluding hydrogens is 194 g/mol. The molecule has 4 nitrogen and oxygen atoms in total. The van der Waals surface area contributed by atoms with Crippen LogP contribution in [0.1, 0.15) is 40.0 Å². The van der Waals surface area contributed by atoms with Crippen LogP contribution in [-0.4, -0.2) is 34.0 Å². The third kappa shape index (κ3) is 2.49. The minimum atomic E-state index is -0.792. The van der Waals surface area contributed by atoms with Gasteiger partial charge in [0.25, 0.3) is 0 Å². The first-order chi connectivity index (χ1) is 6.88. The summed E-state index contributed by atoms with van der Waals surface area (Å²) in [5, 5.41) is 8.94. The van der Waals surface area contributed by atoms with Crippen LogP contribution in [0.3, 0.4) is 0 Å². The van der Waals surface area contributed by atoms with E-state index in [-0.39, 0.29) is 11.4 Å². The normalized spacial score (nSPS) is 23.0. The van der Waals surface area contributed by atoms with E-state index in [9.17, 15) is 9.59 Å². The van der Waals surface area contributed by atoms with Crippen molar-refractivity contribution in [2.75, 3.05) is 6.54 Å². The Balaban J connectivity index is 2.78. The van der Waals surface area contributed by atoms with Crippen molar-refractivity contribution in [1.29, 1.82) is 0 Å². The lowest BCUT2D eigenvalue weighted by Gasteiger charge is -2.42. The molecule has 4 heteroatoms. The van der Waals surface area contributed by atoms with Gasteiger partial charge >= 0.3 is 5.97 Å². The van der Waals surface area contributed by atoms with Crippen molar-refractivity contribution >= 4 is 11.9 Å². The van der Waals surface area contributed by atoms with Crippen molar-refractivity contribution in [3.05, 3.63) is 0 Å². The van der Waals surface area contributed by atoms with Gasteiger partial charge in [0.15, 0.2) is 0 Å². The molecule has 1 saturated heterocycles. The summed E-state index contributed by atoms with van der Waals surface area (Å²) in [6.45, 7) is 6.33. The maximum Gasteiger partial charge on any atom is 0.308 e. The molecule has 0 aromatic heterocycles. The summed E-state index contributed by atoms with van der Waals surface area (Å²) in [7, 11) is 0. The molecule has 0 saturated carbocycles. The third-order valence-corrected chi connectivity index (χ3v) is 3.36. The van der Waals surface area contributed by atoms with Gasteiger partial charge in [-0.05, 0) is 26.7 Å². The Kier molecular flexibility index (Phi) is 3.37. The van der Waals surface area contributed by atoms with Crippen LogP contribution < -0.4 is 0 Å². The van der Waals surface area contributed by atoms with Crippen molar-refractivity contribution < 1.29 is 14.7 Å². The van der Waals surface area contributed by atoms with E-state index < -0.39 is 11.9 Å². The van der Waals surface area contributed by atoms with Crippen LogP contribution in [0.5, 0.6) is 0 Å². The van der Waals surface area contributed by atoms with Crippen LogP contribution in [0.4, 0.5) is 0 Å². The van der Waals surface area contributed by atoms with Gasteiger partial charge in [0.1, 0.15) is 0 Å².